The van der Waals surface area contributed by atoms with Crippen LogP contribution in [0, 0.1) is 6.92 Å². The van der Waals surface area contributed by atoms with Gasteiger partial charge in [-0.05, 0) is 30.7 Å². The van der Waals surface area contributed by atoms with Gasteiger partial charge in [0.15, 0.2) is 0 Å². The van der Waals surface area contributed by atoms with Crippen molar-refractivity contribution < 1.29 is 4.79 Å². The molecule has 1 amide bonds. The number of hydrogen-bond acceptors (Lipinski definition) is 3. The Labute approximate surface area is 138 Å². The molecule has 0 aliphatic carbocycles. The van der Waals surface area contributed by atoms with Gasteiger partial charge in [0.05, 0.1) is 11.7 Å². The molecule has 0 radical (unpaired) electrons. The lowest BCUT2D eigenvalue weighted by atomic mass is 10.1. The van der Waals surface area contributed by atoms with Crippen LogP contribution in [0.1, 0.15) is 21.5 Å². The van der Waals surface area contributed by atoms with Crippen molar-refractivity contribution in [3.05, 3.63) is 76.4 Å². The van der Waals surface area contributed by atoms with Gasteiger partial charge in [-0.15, -0.1) is 0 Å². The molecule has 0 bridgehead atoms. The Balaban J connectivity index is 1.81. The Morgan fingerprint density at radius 3 is 2.74 bits per heavy atom. The summed E-state index contributed by atoms with van der Waals surface area (Å²) in [5.41, 5.74) is 5.60. The van der Waals surface area contributed by atoms with Crippen LogP contribution in [0.5, 0.6) is 0 Å². The summed E-state index contributed by atoms with van der Waals surface area (Å²) in [5, 5.41) is 5.29. The van der Waals surface area contributed by atoms with E-state index in [9.17, 15) is 4.79 Å². The fourth-order valence-corrected chi connectivity index (χ4v) is 2.43. The quantitative estimate of drug-likeness (QED) is 0.450. The molecule has 3 aromatic rings. The maximum absolute atomic E-state index is 11.9. The first-order valence-electron chi connectivity index (χ1n) is 7.09. The molecule has 0 saturated carbocycles. The minimum absolute atomic E-state index is 0.275. The van der Waals surface area contributed by atoms with E-state index in [1.54, 1.807) is 24.3 Å². The Bertz CT molecular complexity index is 891. The third-order valence-corrected chi connectivity index (χ3v) is 3.74. The Hall–Kier alpha value is -2.72. The van der Waals surface area contributed by atoms with Gasteiger partial charge in [-0.3, -0.25) is 4.79 Å². The summed E-state index contributed by atoms with van der Waals surface area (Å²) >= 11 is 6.19. The summed E-state index contributed by atoms with van der Waals surface area (Å²) in [6, 6.07) is 16.7. The predicted molar refractivity (Wildman–Crippen MR) is 93.0 cm³/mol. The number of para-hydroxylation sites is 1. The number of nitrogens with one attached hydrogen (secondary N) is 1. The largest absolute Gasteiger partial charge is 0.271 e. The van der Waals surface area contributed by atoms with Crippen LogP contribution in [0.15, 0.2) is 59.7 Å². The molecule has 23 heavy (non-hydrogen) atoms. The molecule has 3 rings (SSSR count). The molecule has 2 aromatic carbocycles. The van der Waals surface area contributed by atoms with Crippen molar-refractivity contribution in [1.29, 1.82) is 0 Å². The molecule has 0 fully saturated rings. The first-order chi connectivity index (χ1) is 11.1. The van der Waals surface area contributed by atoms with E-state index >= 15 is 0 Å². The number of hydrazone groups is 1. The highest BCUT2D eigenvalue weighted by Crippen LogP contribution is 2.21. The van der Waals surface area contributed by atoms with Crippen LogP contribution in [0.4, 0.5) is 0 Å². The van der Waals surface area contributed by atoms with Crippen LogP contribution >= 0.6 is 11.6 Å². The highest BCUT2D eigenvalue weighted by molar-refractivity contribution is 6.32. The molecule has 0 aliphatic rings. The predicted octanol–water partition coefficient (Wildman–Crippen LogP) is 3.96. The van der Waals surface area contributed by atoms with Crippen molar-refractivity contribution in [2.24, 2.45) is 5.10 Å². The summed E-state index contributed by atoms with van der Waals surface area (Å²) in [7, 11) is 0. The standard InChI is InChI=1S/C18H14ClN3O/c1-12-6-5-9-14-10-15(17(19)21-16(12)14)11-20-22-18(23)13-7-3-2-4-8-13/h2-11H,1H3,(H,22,23)/b20-11-. The second kappa shape index (κ2) is 6.58. The van der Waals surface area contributed by atoms with Crippen LogP contribution in [0.2, 0.25) is 5.15 Å². The van der Waals surface area contributed by atoms with E-state index in [0.717, 1.165) is 16.5 Å². The lowest BCUT2D eigenvalue weighted by Gasteiger charge is -2.04. The number of hydrogen-bond donors (Lipinski definition) is 1. The summed E-state index contributed by atoms with van der Waals surface area (Å²) in [6.07, 6.45) is 1.50. The number of aromatic nitrogens is 1. The number of benzene rings is 2. The SMILES string of the molecule is Cc1cccc2cc(/C=N\NC(=O)c3ccccc3)c(Cl)nc12. The molecule has 1 aromatic heterocycles. The van der Waals surface area contributed by atoms with Crippen LogP contribution < -0.4 is 5.43 Å². The number of amides is 1. The van der Waals surface area contributed by atoms with Crippen molar-refractivity contribution in [1.82, 2.24) is 10.4 Å². The lowest BCUT2D eigenvalue weighted by molar-refractivity contribution is 0.0955. The molecule has 0 saturated heterocycles. The summed E-state index contributed by atoms with van der Waals surface area (Å²) in [5.74, 6) is -0.275. The average Bonchev–Trinajstić information content (AvgIpc) is 2.57. The highest BCUT2D eigenvalue weighted by atomic mass is 35.5. The number of carbonyl (C=O) groups is 1. The van der Waals surface area contributed by atoms with Crippen LogP contribution in [0.3, 0.4) is 0 Å². The van der Waals surface area contributed by atoms with Gasteiger partial charge in [-0.25, -0.2) is 10.4 Å². The molecule has 114 valence electrons. The number of pyridine rings is 1. The zero-order valence-electron chi connectivity index (χ0n) is 12.5. The number of aryl methyl sites for hydroxylation is 1. The van der Waals surface area contributed by atoms with Gasteiger partial charge < -0.3 is 0 Å². The fourth-order valence-electron chi connectivity index (χ4n) is 2.25. The van der Waals surface area contributed by atoms with E-state index in [4.69, 9.17) is 11.6 Å². The Morgan fingerprint density at radius 1 is 1.17 bits per heavy atom. The second-order valence-electron chi connectivity index (χ2n) is 5.08. The third kappa shape index (κ3) is 3.38. The molecular weight excluding hydrogens is 310 g/mol. The third-order valence-electron chi connectivity index (χ3n) is 3.43. The zero-order valence-corrected chi connectivity index (χ0v) is 13.2. The summed E-state index contributed by atoms with van der Waals surface area (Å²) < 4.78 is 0. The molecular formula is C18H14ClN3O. The van der Waals surface area contributed by atoms with Gasteiger partial charge in [0.25, 0.3) is 5.91 Å². The number of nitrogens with zero attached hydrogens (tertiary/aromatic N) is 2. The number of fused-ring (bicyclic) bond motifs is 1. The van der Waals surface area contributed by atoms with Crippen molar-refractivity contribution in [2.45, 2.75) is 6.92 Å². The van der Waals surface area contributed by atoms with Gasteiger partial charge in [0, 0.05) is 16.5 Å². The lowest BCUT2D eigenvalue weighted by Crippen LogP contribution is -2.17. The molecule has 0 aliphatic heterocycles. The van der Waals surface area contributed by atoms with Gasteiger partial charge in [-0.2, -0.15) is 5.10 Å². The van der Waals surface area contributed by atoms with Gasteiger partial charge in [0.1, 0.15) is 5.15 Å². The topological polar surface area (TPSA) is 54.4 Å². The summed E-state index contributed by atoms with van der Waals surface area (Å²) in [6.45, 7) is 1.99. The Kier molecular flexibility index (Phi) is 4.35. The smallest absolute Gasteiger partial charge is 0.267 e. The van der Waals surface area contributed by atoms with Gasteiger partial charge in [0.2, 0.25) is 0 Å². The van der Waals surface area contributed by atoms with Gasteiger partial charge in [-0.1, -0.05) is 48.0 Å². The van der Waals surface area contributed by atoms with Crippen LogP contribution in [0.25, 0.3) is 10.9 Å². The molecule has 5 heteroatoms. The minimum atomic E-state index is -0.275. The highest BCUT2D eigenvalue weighted by Gasteiger charge is 2.06. The van der Waals surface area contributed by atoms with E-state index in [2.05, 4.69) is 15.5 Å². The molecule has 1 N–H and O–H groups in total. The normalized spacial score (nSPS) is 11.0. The molecule has 0 atom stereocenters. The van der Waals surface area contributed by atoms with Crippen molar-refractivity contribution in [3.8, 4) is 0 Å². The fraction of sp³-hybridized carbons (Fsp3) is 0.0556. The van der Waals surface area contributed by atoms with Gasteiger partial charge >= 0.3 is 0 Å². The monoisotopic (exact) mass is 323 g/mol. The minimum Gasteiger partial charge on any atom is -0.267 e. The van der Waals surface area contributed by atoms with E-state index in [-0.39, 0.29) is 5.91 Å². The maximum atomic E-state index is 11.9. The second-order valence-corrected chi connectivity index (χ2v) is 5.44. The molecule has 4 nitrogen and oxygen atoms in total. The maximum Gasteiger partial charge on any atom is 0.271 e. The summed E-state index contributed by atoms with van der Waals surface area (Å²) in [4.78, 5) is 16.3. The zero-order chi connectivity index (χ0) is 16.2. The van der Waals surface area contributed by atoms with Crippen molar-refractivity contribution >= 4 is 34.6 Å². The molecule has 0 unspecified atom stereocenters. The van der Waals surface area contributed by atoms with E-state index in [1.165, 1.54) is 6.21 Å². The first-order valence-corrected chi connectivity index (χ1v) is 7.47. The number of rotatable bonds is 3. The van der Waals surface area contributed by atoms with Crippen molar-refractivity contribution in [3.63, 3.8) is 0 Å². The van der Waals surface area contributed by atoms with E-state index in [0.29, 0.717) is 16.3 Å². The van der Waals surface area contributed by atoms with Crippen LogP contribution in [-0.4, -0.2) is 17.1 Å². The Morgan fingerprint density at radius 2 is 1.96 bits per heavy atom. The van der Waals surface area contributed by atoms with Crippen molar-refractivity contribution in [2.75, 3.05) is 0 Å². The number of halogens is 1. The van der Waals surface area contributed by atoms with E-state index in [1.807, 2.05) is 37.3 Å². The van der Waals surface area contributed by atoms with Crippen LogP contribution in [-0.2, 0) is 0 Å². The molecule has 1 heterocycles. The number of carbonyl (C=O) groups excluding carboxylic acids is 1. The average molecular weight is 324 g/mol. The van der Waals surface area contributed by atoms with E-state index < -0.39 is 0 Å². The first kappa shape index (κ1) is 15.2. The molecule has 0 spiro atoms.